The number of fused-ring (bicyclic) bond motifs is 4. The number of ether oxygens (including phenoxy) is 1. The summed E-state index contributed by atoms with van der Waals surface area (Å²) in [5, 5.41) is 4.23. The van der Waals surface area contributed by atoms with Crippen molar-refractivity contribution < 1.29 is 23.1 Å². The lowest BCUT2D eigenvalue weighted by Gasteiger charge is -2.15. The SMILES string of the molecule is CCOC(=O)c1c(-c2ccc[nH]c2=O)c2c3occc3c(F)cc2n1Cc1cc(NC(=O)CN(C)C)nc2ccccc12. The Morgan fingerprint density at radius 2 is 1.93 bits per heavy atom. The lowest BCUT2D eigenvalue weighted by atomic mass is 10.0. The lowest BCUT2D eigenvalue weighted by molar-refractivity contribution is -0.116. The van der Waals surface area contributed by atoms with Crippen molar-refractivity contribution in [3.63, 3.8) is 0 Å². The van der Waals surface area contributed by atoms with Gasteiger partial charge in [0.1, 0.15) is 22.9 Å². The Balaban J connectivity index is 1.66. The van der Waals surface area contributed by atoms with Crippen LogP contribution in [0.15, 0.2) is 76.3 Å². The van der Waals surface area contributed by atoms with Crippen LogP contribution < -0.4 is 10.9 Å². The topological polar surface area (TPSA) is 122 Å². The van der Waals surface area contributed by atoms with Gasteiger partial charge in [-0.05, 0) is 63.0 Å². The van der Waals surface area contributed by atoms with E-state index in [-0.39, 0.29) is 53.4 Å². The first-order valence-corrected chi connectivity index (χ1v) is 13.7. The fourth-order valence-corrected chi connectivity index (χ4v) is 5.44. The summed E-state index contributed by atoms with van der Waals surface area (Å²) in [6, 6.07) is 15.2. The van der Waals surface area contributed by atoms with E-state index in [0.717, 1.165) is 5.39 Å². The summed E-state index contributed by atoms with van der Waals surface area (Å²) in [5.74, 6) is -1.15. The summed E-state index contributed by atoms with van der Waals surface area (Å²) in [5.41, 5.74) is 1.96. The molecule has 4 heterocycles. The Bertz CT molecular complexity index is 2090. The number of nitrogens with zero attached hydrogens (tertiary/aromatic N) is 3. The number of rotatable bonds is 8. The standard InChI is InChI=1S/C32H28FN5O5/c1-4-42-32(41)29-27(21-9-7-12-34-31(21)40)28-24(15-22(33)20-11-13-43-30(20)28)38(29)16-18-14-25(36-26(39)17-37(2)3)35-23-10-6-5-8-19(18)23/h5-15H,4,16-17H2,1-3H3,(H,34,40)(H,35,36,39). The molecular weight excluding hydrogens is 553 g/mol. The smallest absolute Gasteiger partial charge is 0.355 e. The first-order valence-electron chi connectivity index (χ1n) is 13.7. The summed E-state index contributed by atoms with van der Waals surface area (Å²) >= 11 is 0. The predicted octanol–water partition coefficient (Wildman–Crippen LogP) is 5.16. The number of H-pyrrole nitrogens is 1. The number of hydrogen-bond acceptors (Lipinski definition) is 7. The van der Waals surface area contributed by atoms with Gasteiger partial charge in [0.2, 0.25) is 5.91 Å². The number of anilines is 1. The van der Waals surface area contributed by atoms with E-state index in [1.807, 2.05) is 24.3 Å². The van der Waals surface area contributed by atoms with E-state index >= 15 is 4.39 Å². The minimum Gasteiger partial charge on any atom is -0.463 e. The highest BCUT2D eigenvalue weighted by molar-refractivity contribution is 6.17. The van der Waals surface area contributed by atoms with Crippen LogP contribution >= 0.6 is 0 Å². The molecule has 6 rings (SSSR count). The van der Waals surface area contributed by atoms with Gasteiger partial charge in [-0.3, -0.25) is 9.59 Å². The maximum atomic E-state index is 15.5. The third-order valence-corrected chi connectivity index (χ3v) is 7.13. The molecule has 0 spiro atoms. The number of furan rings is 1. The highest BCUT2D eigenvalue weighted by Crippen LogP contribution is 2.41. The number of halogens is 1. The summed E-state index contributed by atoms with van der Waals surface area (Å²) in [4.78, 5) is 48.5. The highest BCUT2D eigenvalue weighted by Gasteiger charge is 2.30. The molecule has 6 aromatic rings. The van der Waals surface area contributed by atoms with Crippen molar-refractivity contribution in [1.82, 2.24) is 19.4 Å². The van der Waals surface area contributed by atoms with Crippen molar-refractivity contribution in [2.24, 2.45) is 0 Å². The zero-order valence-corrected chi connectivity index (χ0v) is 23.7. The van der Waals surface area contributed by atoms with Crippen molar-refractivity contribution in [2.45, 2.75) is 13.5 Å². The molecule has 0 aliphatic carbocycles. The van der Waals surface area contributed by atoms with Gasteiger partial charge in [-0.25, -0.2) is 14.2 Å². The molecule has 43 heavy (non-hydrogen) atoms. The minimum atomic E-state index is -0.685. The van der Waals surface area contributed by atoms with Gasteiger partial charge in [-0.2, -0.15) is 0 Å². The second kappa shape index (κ2) is 11.2. The number of aromatic amines is 1. The molecule has 2 aromatic carbocycles. The van der Waals surface area contributed by atoms with Gasteiger partial charge in [-0.1, -0.05) is 18.2 Å². The third-order valence-electron chi connectivity index (χ3n) is 7.13. The quantitative estimate of drug-likeness (QED) is 0.238. The molecule has 0 atom stereocenters. The van der Waals surface area contributed by atoms with Gasteiger partial charge < -0.3 is 28.9 Å². The van der Waals surface area contributed by atoms with E-state index in [9.17, 15) is 14.4 Å². The fourth-order valence-electron chi connectivity index (χ4n) is 5.44. The van der Waals surface area contributed by atoms with Gasteiger partial charge in [0.15, 0.2) is 0 Å². The van der Waals surface area contributed by atoms with Crippen molar-refractivity contribution in [1.29, 1.82) is 0 Å². The Morgan fingerprint density at radius 3 is 2.70 bits per heavy atom. The summed E-state index contributed by atoms with van der Waals surface area (Å²) in [7, 11) is 3.58. The van der Waals surface area contributed by atoms with Crippen LogP contribution in [-0.2, 0) is 16.1 Å². The van der Waals surface area contributed by atoms with Crippen LogP contribution in [0.25, 0.3) is 43.9 Å². The highest BCUT2D eigenvalue weighted by atomic mass is 19.1. The molecular formula is C32H28FN5O5. The van der Waals surface area contributed by atoms with Crippen molar-refractivity contribution in [3.8, 4) is 11.1 Å². The number of amides is 1. The van der Waals surface area contributed by atoms with Crippen LogP contribution in [0.4, 0.5) is 10.2 Å². The average molecular weight is 582 g/mol. The van der Waals surface area contributed by atoms with E-state index in [0.29, 0.717) is 27.8 Å². The molecule has 218 valence electrons. The van der Waals surface area contributed by atoms with E-state index in [2.05, 4.69) is 15.3 Å². The zero-order chi connectivity index (χ0) is 30.2. The van der Waals surface area contributed by atoms with Crippen LogP contribution in [0.5, 0.6) is 0 Å². The second-order valence-electron chi connectivity index (χ2n) is 10.3. The molecule has 0 fully saturated rings. The number of hydrogen-bond donors (Lipinski definition) is 2. The second-order valence-corrected chi connectivity index (χ2v) is 10.3. The molecule has 11 heteroatoms. The number of aromatic nitrogens is 3. The number of benzene rings is 2. The first-order chi connectivity index (χ1) is 20.8. The van der Waals surface area contributed by atoms with Crippen LogP contribution in [0.3, 0.4) is 0 Å². The molecule has 0 saturated carbocycles. The van der Waals surface area contributed by atoms with Gasteiger partial charge in [0, 0.05) is 23.7 Å². The number of para-hydroxylation sites is 1. The Labute approximate surface area is 244 Å². The molecule has 10 nitrogen and oxygen atoms in total. The Kier molecular flexibility index (Phi) is 7.24. The monoisotopic (exact) mass is 581 g/mol. The Hall–Kier alpha value is -5.29. The van der Waals surface area contributed by atoms with Gasteiger partial charge in [0.05, 0.1) is 46.8 Å². The fraction of sp³-hybridized carbons (Fsp3) is 0.188. The first kappa shape index (κ1) is 27.9. The van der Waals surface area contributed by atoms with Gasteiger partial charge in [0.25, 0.3) is 5.56 Å². The van der Waals surface area contributed by atoms with Crippen LogP contribution in [0.2, 0.25) is 0 Å². The minimum absolute atomic E-state index is 0.0562. The summed E-state index contributed by atoms with van der Waals surface area (Å²) < 4.78 is 28.4. The number of carbonyl (C=O) groups excluding carboxylic acids is 2. The molecule has 1 amide bonds. The van der Waals surface area contributed by atoms with Crippen molar-refractivity contribution in [2.75, 3.05) is 32.6 Å². The largest absolute Gasteiger partial charge is 0.463 e. The van der Waals surface area contributed by atoms with E-state index in [1.165, 1.54) is 24.6 Å². The van der Waals surface area contributed by atoms with Crippen LogP contribution in [0, 0.1) is 5.82 Å². The van der Waals surface area contributed by atoms with E-state index < -0.39 is 17.3 Å². The number of pyridine rings is 2. The molecule has 4 aromatic heterocycles. The zero-order valence-electron chi connectivity index (χ0n) is 23.7. The summed E-state index contributed by atoms with van der Waals surface area (Å²) in [6.45, 7) is 1.98. The number of esters is 1. The number of carbonyl (C=O) groups is 2. The molecule has 0 bridgehead atoms. The molecule has 0 saturated heterocycles. The van der Waals surface area contributed by atoms with Gasteiger partial charge in [-0.15, -0.1) is 0 Å². The summed E-state index contributed by atoms with van der Waals surface area (Å²) in [6.07, 6.45) is 2.86. The average Bonchev–Trinajstić information content (AvgIpc) is 3.57. The van der Waals surface area contributed by atoms with E-state index in [1.54, 1.807) is 48.7 Å². The lowest BCUT2D eigenvalue weighted by Crippen LogP contribution is -2.27. The maximum absolute atomic E-state index is 15.5. The van der Waals surface area contributed by atoms with Crippen LogP contribution in [-0.4, -0.2) is 58.6 Å². The number of nitrogens with one attached hydrogen (secondary N) is 2. The molecule has 2 N–H and O–H groups in total. The van der Waals surface area contributed by atoms with Crippen molar-refractivity contribution in [3.05, 3.63) is 94.5 Å². The van der Waals surface area contributed by atoms with E-state index in [4.69, 9.17) is 9.15 Å². The Morgan fingerprint density at radius 1 is 1.12 bits per heavy atom. The molecule has 0 aliphatic rings. The van der Waals surface area contributed by atoms with Gasteiger partial charge >= 0.3 is 5.97 Å². The molecule has 0 radical (unpaired) electrons. The normalized spacial score (nSPS) is 11.6. The maximum Gasteiger partial charge on any atom is 0.355 e. The molecule has 0 unspecified atom stereocenters. The molecule has 0 aliphatic heterocycles. The predicted molar refractivity (Wildman–Crippen MR) is 162 cm³/mol. The number of likely N-dealkylation sites (N-methyl/N-ethyl adjacent to an activating group) is 1. The third kappa shape index (κ3) is 5.04. The van der Waals surface area contributed by atoms with Crippen LogP contribution in [0.1, 0.15) is 23.0 Å². The van der Waals surface area contributed by atoms with Crippen molar-refractivity contribution >= 4 is 50.5 Å².